The van der Waals surface area contributed by atoms with Gasteiger partial charge < -0.3 is 30.0 Å². The number of phenolic OH excluding ortho intramolecular Hbond substituents is 2. The third-order valence-electron chi connectivity index (χ3n) is 7.15. The van der Waals surface area contributed by atoms with Gasteiger partial charge in [0.1, 0.15) is 34.0 Å². The molecule has 0 saturated heterocycles. The van der Waals surface area contributed by atoms with Crippen LogP contribution in [-0.2, 0) is 36.8 Å². The number of rotatable bonds is 8. The van der Waals surface area contributed by atoms with Gasteiger partial charge in [0.25, 0.3) is 0 Å². The maximum absolute atomic E-state index is 12.6. The van der Waals surface area contributed by atoms with Gasteiger partial charge in [0.05, 0.1) is 21.2 Å². The summed E-state index contributed by atoms with van der Waals surface area (Å²) in [6, 6.07) is 19.4. The van der Waals surface area contributed by atoms with E-state index < -0.39 is 31.2 Å². The van der Waals surface area contributed by atoms with Gasteiger partial charge in [-0.05, 0) is 72.8 Å². The predicted molar refractivity (Wildman–Crippen MR) is 198 cm³/mol. The van der Waals surface area contributed by atoms with Crippen LogP contribution >= 0.6 is 23.2 Å². The molecular weight excluding hydrogens is 869 g/mol. The number of halogens is 2. The zero-order valence-electron chi connectivity index (χ0n) is 29.1. The number of phenols is 2. The van der Waals surface area contributed by atoms with E-state index in [1.54, 1.807) is 13.8 Å². The first-order chi connectivity index (χ1) is 25.3. The van der Waals surface area contributed by atoms with Crippen LogP contribution in [0.3, 0.4) is 0 Å². The molecule has 0 amide bonds. The number of benzene rings is 4. The Bertz CT molecular complexity index is 2630. The Hall–Kier alpha value is -4.39. The molecule has 56 heavy (non-hydrogen) atoms. The Kier molecular flexibility index (Phi) is 15.4. The number of aromatic hydroxyl groups is 2. The van der Waals surface area contributed by atoms with E-state index in [0.717, 1.165) is 9.36 Å². The Morgan fingerprint density at radius 3 is 1.34 bits per heavy atom. The number of primary sulfonamides is 2. The first kappa shape index (κ1) is 46.0. The van der Waals surface area contributed by atoms with Crippen LogP contribution < -0.4 is 51.0 Å². The maximum atomic E-state index is 12.6. The fourth-order valence-corrected chi connectivity index (χ4v) is 5.96. The molecule has 289 valence electrons. The number of sulfonamides is 2. The van der Waals surface area contributed by atoms with E-state index in [1.165, 1.54) is 84.9 Å². The van der Waals surface area contributed by atoms with Crippen LogP contribution in [-0.4, -0.2) is 46.6 Å². The molecule has 0 aliphatic heterocycles. The quantitative estimate of drug-likeness (QED) is 0.0983. The first-order valence-electron chi connectivity index (χ1n) is 14.9. The van der Waals surface area contributed by atoms with E-state index in [1.807, 2.05) is 0 Å². The monoisotopic (exact) mass is 894 g/mol. The standard InChI is InChI=1S/2C16H13ClN5O4S.Co.Na/c2*1-9-15(20-19-13-7-10(17)5-6-14(13)23)16(24)22(21-9)11-3-2-4-12(8-11)27(18,25)26;;/h2*2-8,23H,1H3,(H2,18,25,26);;/q2*-1;;+1. The number of aryl methyl sites for hydroxylation is 2. The Morgan fingerprint density at radius 2 is 1.00 bits per heavy atom. The molecular formula is C32H26Cl2CoN10NaO8S2-. The summed E-state index contributed by atoms with van der Waals surface area (Å²) in [4.78, 5) is 24.9. The van der Waals surface area contributed by atoms with Crippen molar-refractivity contribution >= 4 is 66.0 Å². The van der Waals surface area contributed by atoms with Crippen LogP contribution in [0.2, 0.25) is 10.0 Å². The molecule has 2 aromatic heterocycles. The van der Waals surface area contributed by atoms with Crippen molar-refractivity contribution in [1.82, 2.24) is 19.6 Å². The van der Waals surface area contributed by atoms with E-state index in [9.17, 15) is 36.6 Å². The molecule has 0 fully saturated rings. The predicted octanol–water partition coefficient (Wildman–Crippen LogP) is 2.36. The Balaban J connectivity index is 0.000000290. The van der Waals surface area contributed by atoms with Gasteiger partial charge >= 0.3 is 29.6 Å². The fourth-order valence-electron chi connectivity index (χ4n) is 4.52. The van der Waals surface area contributed by atoms with Gasteiger partial charge in [-0.2, -0.15) is 10.2 Å². The zero-order chi connectivity index (χ0) is 39.5. The van der Waals surface area contributed by atoms with Crippen molar-refractivity contribution in [2.45, 2.75) is 23.6 Å². The number of aromatic nitrogens is 4. The average Bonchev–Trinajstić information content (AvgIpc) is 3.57. The molecule has 24 heteroatoms. The summed E-state index contributed by atoms with van der Waals surface area (Å²) >= 11 is 11.7. The Labute approximate surface area is 360 Å². The zero-order valence-corrected chi connectivity index (χ0v) is 35.3. The van der Waals surface area contributed by atoms with Gasteiger partial charge in [-0.1, -0.05) is 60.6 Å². The second-order valence-corrected chi connectivity index (χ2v) is 15.0. The molecule has 0 unspecified atom stereocenters. The second kappa shape index (κ2) is 18.7. The molecule has 4 aromatic carbocycles. The molecule has 0 atom stereocenters. The van der Waals surface area contributed by atoms with Crippen LogP contribution in [0.1, 0.15) is 11.4 Å². The summed E-state index contributed by atoms with van der Waals surface area (Å²) in [6.45, 7) is 3.10. The van der Waals surface area contributed by atoms with Gasteiger partial charge in [-0.15, -0.1) is 11.4 Å². The minimum atomic E-state index is -3.93. The van der Waals surface area contributed by atoms with E-state index in [2.05, 4.69) is 30.7 Å². The van der Waals surface area contributed by atoms with E-state index in [0.29, 0.717) is 10.0 Å². The summed E-state index contributed by atoms with van der Waals surface area (Å²) in [5, 5.41) is 54.0. The minimum Gasteiger partial charge on any atom is -0.506 e. The van der Waals surface area contributed by atoms with E-state index in [4.69, 9.17) is 33.5 Å². The van der Waals surface area contributed by atoms with Crippen LogP contribution in [0.4, 0.5) is 22.7 Å². The molecule has 0 spiro atoms. The van der Waals surface area contributed by atoms with Crippen molar-refractivity contribution < 1.29 is 73.4 Å². The average molecular weight is 896 g/mol. The topological polar surface area (TPSA) is 280 Å². The third-order valence-corrected chi connectivity index (χ3v) is 9.44. The third kappa shape index (κ3) is 10.9. The summed E-state index contributed by atoms with van der Waals surface area (Å²) < 4.78 is 48.0. The van der Waals surface area contributed by atoms with Crippen LogP contribution in [0, 0.1) is 13.8 Å². The van der Waals surface area contributed by atoms with Crippen molar-refractivity contribution in [3.05, 3.63) is 127 Å². The van der Waals surface area contributed by atoms with Crippen molar-refractivity contribution in [1.29, 1.82) is 0 Å². The molecule has 6 N–H and O–H groups in total. The molecule has 18 nitrogen and oxygen atoms in total. The number of hydrogen-bond donors (Lipinski definition) is 4. The molecule has 1 radical (unpaired) electrons. The molecule has 0 aliphatic carbocycles. The minimum absolute atomic E-state index is 0. The fraction of sp³-hybridized carbons (Fsp3) is 0.0625. The van der Waals surface area contributed by atoms with Gasteiger partial charge in [-0.3, -0.25) is 0 Å². The number of hydrogen-bond acceptors (Lipinski definition) is 14. The van der Waals surface area contributed by atoms with Crippen molar-refractivity contribution in [2.75, 3.05) is 0 Å². The largest absolute Gasteiger partial charge is 1.00 e. The van der Waals surface area contributed by atoms with Gasteiger partial charge in [0.15, 0.2) is 0 Å². The van der Waals surface area contributed by atoms with Crippen molar-refractivity contribution in [3.8, 4) is 22.9 Å². The van der Waals surface area contributed by atoms with Gasteiger partial charge in [-0.25, -0.2) is 46.7 Å². The number of azo groups is 2. The summed E-state index contributed by atoms with van der Waals surface area (Å²) in [5.41, 5.74) is -0.198. The van der Waals surface area contributed by atoms with Gasteiger partial charge in [0, 0.05) is 26.8 Å². The summed E-state index contributed by atoms with van der Waals surface area (Å²) in [5.74, 6) is -0.303. The second-order valence-electron chi connectivity index (χ2n) is 11.1. The van der Waals surface area contributed by atoms with Gasteiger partial charge in [0.2, 0.25) is 20.0 Å². The molecule has 0 bridgehead atoms. The molecule has 2 heterocycles. The van der Waals surface area contributed by atoms with Crippen LogP contribution in [0.5, 0.6) is 11.5 Å². The maximum Gasteiger partial charge on any atom is 1.00 e. The van der Waals surface area contributed by atoms with Crippen molar-refractivity contribution in [3.63, 3.8) is 0 Å². The molecule has 0 aliphatic rings. The molecule has 6 aromatic rings. The van der Waals surface area contributed by atoms with E-state index >= 15 is 0 Å². The summed E-state index contributed by atoms with van der Waals surface area (Å²) in [7, 11) is -7.86. The smallest absolute Gasteiger partial charge is 0.506 e. The molecule has 0 saturated carbocycles. The number of nitrogens with zero attached hydrogens (tertiary/aromatic N) is 8. The normalized spacial score (nSPS) is 11.5. The molecule has 6 rings (SSSR count). The van der Waals surface area contributed by atoms with E-state index in [-0.39, 0.29) is 113 Å². The van der Waals surface area contributed by atoms with Crippen LogP contribution in [0.15, 0.2) is 125 Å². The first-order valence-corrected chi connectivity index (χ1v) is 18.8. The Morgan fingerprint density at radius 1 is 0.643 bits per heavy atom. The van der Waals surface area contributed by atoms with Crippen molar-refractivity contribution in [2.24, 2.45) is 30.7 Å². The number of nitrogens with two attached hydrogens (primary N) is 2. The van der Waals surface area contributed by atoms with Crippen LogP contribution in [0.25, 0.3) is 11.4 Å². The SMILES string of the molecule is Cc1nn(-c2cccc(S(N)(=O)=O)c2)c(=O)[c-]1N=Nc1cc(Cl)ccc1O.Cc1nn(-c2cccc(S(N)(=O)=O)c2)c(=O)[c-]1N=Nc1cc(Cl)ccc1O.[Co].[Na+]. The summed E-state index contributed by atoms with van der Waals surface area (Å²) in [6.07, 6.45) is 0.